The minimum Gasteiger partial charge on any atom is -0.207 e. The second-order valence-electron chi connectivity index (χ2n) is 2.13. The van der Waals surface area contributed by atoms with Gasteiger partial charge in [-0.2, -0.15) is 0 Å². The van der Waals surface area contributed by atoms with Gasteiger partial charge in [0.25, 0.3) is 0 Å². The van der Waals surface area contributed by atoms with Gasteiger partial charge in [0.2, 0.25) is 0 Å². The monoisotopic (exact) mass is 151 g/mol. The fourth-order valence-electron chi connectivity index (χ4n) is 0.837. The molecule has 0 bridgehead atoms. The van der Waals surface area contributed by atoms with E-state index in [4.69, 9.17) is 0 Å². The van der Waals surface area contributed by atoms with E-state index in [2.05, 4.69) is 10.2 Å². The maximum atomic E-state index is 12.5. The summed E-state index contributed by atoms with van der Waals surface area (Å²) in [7, 11) is 3.33. The van der Waals surface area contributed by atoms with E-state index in [0.717, 1.165) is 18.0 Å². The van der Waals surface area contributed by atoms with Crippen molar-refractivity contribution in [2.45, 2.75) is 12.5 Å². The first kappa shape index (κ1) is 7.47. The highest BCUT2D eigenvalue weighted by Gasteiger charge is 1.91. The van der Waals surface area contributed by atoms with Crippen LogP contribution in [0.2, 0.25) is 6.04 Å². The van der Waals surface area contributed by atoms with E-state index in [9.17, 15) is 4.39 Å². The fraction of sp³-hybridized carbons (Fsp3) is 0.250. The van der Waals surface area contributed by atoms with Crippen molar-refractivity contribution < 1.29 is 4.39 Å². The van der Waals surface area contributed by atoms with Gasteiger partial charge in [-0.05, 0) is 24.1 Å². The minimum absolute atomic E-state index is 0.155. The van der Waals surface area contributed by atoms with E-state index in [1.807, 2.05) is 6.07 Å². The second kappa shape index (κ2) is 3.51. The normalized spacial score (nSPS) is 9.80. The molecule has 2 heteroatoms. The van der Waals surface area contributed by atoms with Crippen molar-refractivity contribution in [3.8, 4) is 0 Å². The molecule has 0 aliphatic rings. The molecule has 0 saturated carbocycles. The van der Waals surface area contributed by atoms with Crippen LogP contribution in [0.1, 0.15) is 5.56 Å². The molecular formula is C8H8FSi. The van der Waals surface area contributed by atoms with Crippen LogP contribution in [0.3, 0.4) is 0 Å². The van der Waals surface area contributed by atoms with Gasteiger partial charge >= 0.3 is 0 Å². The van der Waals surface area contributed by atoms with E-state index < -0.39 is 0 Å². The lowest BCUT2D eigenvalue weighted by atomic mass is 10.2. The summed E-state index contributed by atoms with van der Waals surface area (Å²) in [5, 5.41) is 0. The van der Waals surface area contributed by atoms with Gasteiger partial charge in [0.1, 0.15) is 5.82 Å². The van der Waals surface area contributed by atoms with Crippen molar-refractivity contribution in [1.82, 2.24) is 0 Å². The Hall–Kier alpha value is -0.633. The molecule has 0 saturated heterocycles. The summed E-state index contributed by atoms with van der Waals surface area (Å²) in [4.78, 5) is 0. The van der Waals surface area contributed by atoms with Crippen LogP contribution < -0.4 is 0 Å². The highest BCUT2D eigenvalue weighted by atomic mass is 28.1. The summed E-state index contributed by atoms with van der Waals surface area (Å²) in [6, 6.07) is 7.54. The average molecular weight is 151 g/mol. The molecule has 0 unspecified atom stereocenters. The average Bonchev–Trinajstić information content (AvgIpc) is 1.88. The number of hydrogen-bond donors (Lipinski definition) is 0. The van der Waals surface area contributed by atoms with Gasteiger partial charge in [-0.15, -0.1) is 0 Å². The lowest BCUT2D eigenvalue weighted by Gasteiger charge is -1.95. The molecule has 0 fully saturated rings. The minimum atomic E-state index is -0.155. The molecule has 51 valence electrons. The third kappa shape index (κ3) is 1.95. The van der Waals surface area contributed by atoms with Crippen LogP contribution in [0.4, 0.5) is 4.39 Å². The molecule has 0 amide bonds. The molecule has 0 aliphatic carbocycles. The molecule has 0 aromatic heterocycles. The number of rotatable bonds is 2. The Morgan fingerprint density at radius 3 is 2.80 bits per heavy atom. The number of halogens is 1. The standard InChI is InChI=1S/C8H8FSi/c9-8-3-1-2-7(6-8)4-5-10/h1-3,6H,4-5H2. The first-order chi connectivity index (χ1) is 4.83. The predicted octanol–water partition coefficient (Wildman–Crippen LogP) is 1.95. The summed E-state index contributed by atoms with van der Waals surface area (Å²) in [5.74, 6) is -0.155. The Labute approximate surface area is 63.5 Å². The molecule has 10 heavy (non-hydrogen) atoms. The number of hydrogen-bond acceptors (Lipinski definition) is 0. The van der Waals surface area contributed by atoms with Gasteiger partial charge < -0.3 is 0 Å². The lowest BCUT2D eigenvalue weighted by Crippen LogP contribution is -1.84. The quantitative estimate of drug-likeness (QED) is 0.567. The van der Waals surface area contributed by atoms with E-state index in [1.54, 1.807) is 12.1 Å². The van der Waals surface area contributed by atoms with Crippen LogP contribution in [-0.2, 0) is 6.42 Å². The van der Waals surface area contributed by atoms with E-state index in [-0.39, 0.29) is 5.82 Å². The van der Waals surface area contributed by atoms with Crippen molar-refractivity contribution in [2.75, 3.05) is 0 Å². The number of benzene rings is 1. The number of aryl methyl sites for hydroxylation is 1. The third-order valence-electron chi connectivity index (χ3n) is 1.30. The Balaban J connectivity index is 2.75. The SMILES string of the molecule is Fc1cccc(CC[Si])c1. The maximum Gasteiger partial charge on any atom is 0.123 e. The topological polar surface area (TPSA) is 0 Å². The van der Waals surface area contributed by atoms with E-state index in [1.165, 1.54) is 6.07 Å². The molecule has 3 radical (unpaired) electrons. The summed E-state index contributed by atoms with van der Waals surface area (Å²) in [5.41, 5.74) is 1.04. The highest BCUT2D eigenvalue weighted by molar-refractivity contribution is 6.08. The summed E-state index contributed by atoms with van der Waals surface area (Å²) < 4.78 is 12.5. The van der Waals surface area contributed by atoms with Gasteiger partial charge in [0, 0.05) is 10.2 Å². The van der Waals surface area contributed by atoms with Crippen molar-refractivity contribution in [3.05, 3.63) is 35.6 Å². The van der Waals surface area contributed by atoms with Crippen LogP contribution in [0.15, 0.2) is 24.3 Å². The first-order valence-corrected chi connectivity index (χ1v) is 3.92. The molecule has 1 aromatic rings. The Kier molecular flexibility index (Phi) is 2.63. The summed E-state index contributed by atoms with van der Waals surface area (Å²) in [6.07, 6.45) is 0.884. The molecule has 1 rings (SSSR count). The van der Waals surface area contributed by atoms with Crippen LogP contribution >= 0.6 is 0 Å². The molecule has 0 aliphatic heterocycles. The smallest absolute Gasteiger partial charge is 0.123 e. The molecular weight excluding hydrogens is 143 g/mol. The molecule has 0 nitrogen and oxygen atoms in total. The largest absolute Gasteiger partial charge is 0.207 e. The van der Waals surface area contributed by atoms with Crippen molar-refractivity contribution in [1.29, 1.82) is 0 Å². The van der Waals surface area contributed by atoms with Gasteiger partial charge in [0.05, 0.1) is 0 Å². The summed E-state index contributed by atoms with van der Waals surface area (Å²) >= 11 is 0. The van der Waals surface area contributed by atoms with Crippen molar-refractivity contribution in [3.63, 3.8) is 0 Å². The zero-order chi connectivity index (χ0) is 7.40. The zero-order valence-electron chi connectivity index (χ0n) is 5.60. The molecule has 0 atom stereocenters. The van der Waals surface area contributed by atoms with Crippen LogP contribution in [0, 0.1) is 5.82 Å². The second-order valence-corrected chi connectivity index (χ2v) is 2.63. The van der Waals surface area contributed by atoms with Gasteiger partial charge in [-0.3, -0.25) is 0 Å². The van der Waals surface area contributed by atoms with Crippen molar-refractivity contribution >= 4 is 10.2 Å². The van der Waals surface area contributed by atoms with E-state index in [0.29, 0.717) is 0 Å². The predicted molar refractivity (Wildman–Crippen MR) is 40.7 cm³/mol. The first-order valence-electron chi connectivity index (χ1n) is 3.22. The highest BCUT2D eigenvalue weighted by Crippen LogP contribution is 2.04. The molecule has 0 spiro atoms. The summed E-state index contributed by atoms with van der Waals surface area (Å²) in [6.45, 7) is 0. The van der Waals surface area contributed by atoms with E-state index >= 15 is 0 Å². The van der Waals surface area contributed by atoms with Gasteiger partial charge in [-0.25, -0.2) is 4.39 Å². The zero-order valence-corrected chi connectivity index (χ0v) is 6.60. The Morgan fingerprint density at radius 1 is 1.40 bits per heavy atom. The van der Waals surface area contributed by atoms with Gasteiger partial charge in [0.15, 0.2) is 0 Å². The van der Waals surface area contributed by atoms with Crippen LogP contribution in [0.25, 0.3) is 0 Å². The van der Waals surface area contributed by atoms with Crippen molar-refractivity contribution in [2.24, 2.45) is 0 Å². The fourth-order valence-corrected chi connectivity index (χ4v) is 1.13. The lowest BCUT2D eigenvalue weighted by molar-refractivity contribution is 0.626. The van der Waals surface area contributed by atoms with Crippen LogP contribution in [0.5, 0.6) is 0 Å². The van der Waals surface area contributed by atoms with Crippen LogP contribution in [-0.4, -0.2) is 10.2 Å². The maximum absolute atomic E-state index is 12.5. The Bertz CT molecular complexity index is 210. The Morgan fingerprint density at radius 2 is 2.20 bits per heavy atom. The third-order valence-corrected chi connectivity index (χ3v) is 1.55. The molecule has 0 heterocycles. The molecule has 0 N–H and O–H groups in total. The van der Waals surface area contributed by atoms with Gasteiger partial charge in [-0.1, -0.05) is 18.2 Å². The molecule has 1 aromatic carbocycles.